The van der Waals surface area contributed by atoms with Gasteiger partial charge in [0, 0.05) is 5.71 Å². The van der Waals surface area contributed by atoms with Crippen LogP contribution in [0.3, 0.4) is 0 Å². The molecule has 1 aliphatic rings. The fraction of sp³-hybridized carbons (Fsp3) is 0.429. The summed E-state index contributed by atoms with van der Waals surface area (Å²) >= 11 is 0. The Bertz CT molecular complexity index is 473. The zero-order valence-corrected chi connectivity index (χ0v) is 10.6. The van der Waals surface area contributed by atoms with Gasteiger partial charge in [0.05, 0.1) is 11.3 Å². The van der Waals surface area contributed by atoms with Crippen molar-refractivity contribution in [2.75, 3.05) is 5.43 Å². The van der Waals surface area contributed by atoms with Crippen LogP contribution in [0.25, 0.3) is 0 Å². The molecule has 0 heterocycles. The predicted molar refractivity (Wildman–Crippen MR) is 72.3 cm³/mol. The van der Waals surface area contributed by atoms with Crippen molar-refractivity contribution in [1.82, 2.24) is 0 Å². The number of benzene rings is 1. The van der Waals surface area contributed by atoms with Crippen LogP contribution in [0.2, 0.25) is 0 Å². The zero-order chi connectivity index (χ0) is 13.0. The van der Waals surface area contributed by atoms with Gasteiger partial charge < -0.3 is 5.11 Å². The van der Waals surface area contributed by atoms with Gasteiger partial charge in [-0.2, -0.15) is 5.10 Å². The Kier molecular flexibility index (Phi) is 3.97. The first-order valence-corrected chi connectivity index (χ1v) is 6.32. The van der Waals surface area contributed by atoms with E-state index in [1.807, 2.05) is 13.0 Å². The molecule has 0 atom stereocenters. The van der Waals surface area contributed by atoms with Gasteiger partial charge in [0.2, 0.25) is 0 Å². The van der Waals surface area contributed by atoms with Crippen molar-refractivity contribution in [2.45, 2.75) is 39.0 Å². The van der Waals surface area contributed by atoms with E-state index in [1.165, 1.54) is 19.3 Å². The van der Waals surface area contributed by atoms with Gasteiger partial charge in [-0.3, -0.25) is 5.43 Å². The number of carboxylic acids is 1. The minimum Gasteiger partial charge on any atom is -0.478 e. The van der Waals surface area contributed by atoms with Crippen LogP contribution in [0.4, 0.5) is 5.69 Å². The quantitative estimate of drug-likeness (QED) is 0.803. The van der Waals surface area contributed by atoms with Gasteiger partial charge in [-0.15, -0.1) is 0 Å². The summed E-state index contributed by atoms with van der Waals surface area (Å²) in [6.07, 6.45) is 5.66. The fourth-order valence-corrected chi connectivity index (χ4v) is 2.15. The largest absolute Gasteiger partial charge is 0.478 e. The highest BCUT2D eigenvalue weighted by molar-refractivity contribution is 5.94. The molecule has 4 heteroatoms. The van der Waals surface area contributed by atoms with Crippen molar-refractivity contribution in [3.05, 3.63) is 29.3 Å². The number of hydrogen-bond donors (Lipinski definition) is 2. The molecule has 1 aromatic rings. The van der Waals surface area contributed by atoms with Crippen LogP contribution in [0.15, 0.2) is 23.3 Å². The summed E-state index contributed by atoms with van der Waals surface area (Å²) in [5.74, 6) is -0.929. The van der Waals surface area contributed by atoms with Crippen LogP contribution >= 0.6 is 0 Å². The van der Waals surface area contributed by atoms with E-state index in [9.17, 15) is 4.79 Å². The lowest BCUT2D eigenvalue weighted by Crippen LogP contribution is -2.09. The summed E-state index contributed by atoms with van der Waals surface area (Å²) in [6, 6.07) is 5.22. The summed E-state index contributed by atoms with van der Waals surface area (Å²) < 4.78 is 0. The molecule has 0 bridgehead atoms. The predicted octanol–water partition coefficient (Wildman–Crippen LogP) is 3.43. The maximum atomic E-state index is 11.1. The molecule has 0 unspecified atom stereocenters. The second-order valence-electron chi connectivity index (χ2n) is 4.70. The van der Waals surface area contributed by atoms with Crippen LogP contribution < -0.4 is 5.43 Å². The van der Waals surface area contributed by atoms with E-state index >= 15 is 0 Å². The lowest BCUT2D eigenvalue weighted by molar-refractivity contribution is 0.0698. The van der Waals surface area contributed by atoms with E-state index in [4.69, 9.17) is 5.11 Å². The molecule has 1 saturated carbocycles. The highest BCUT2D eigenvalue weighted by atomic mass is 16.4. The molecule has 0 radical (unpaired) electrons. The number of carboxylic acid groups (broad SMARTS) is 1. The van der Waals surface area contributed by atoms with Gasteiger partial charge in [-0.1, -0.05) is 12.5 Å². The van der Waals surface area contributed by atoms with Crippen molar-refractivity contribution in [2.24, 2.45) is 5.10 Å². The summed E-state index contributed by atoms with van der Waals surface area (Å²) in [7, 11) is 0. The third kappa shape index (κ3) is 3.09. The van der Waals surface area contributed by atoms with E-state index in [-0.39, 0.29) is 5.56 Å². The van der Waals surface area contributed by atoms with E-state index in [2.05, 4.69) is 10.5 Å². The van der Waals surface area contributed by atoms with E-state index in [0.717, 1.165) is 24.1 Å². The molecule has 1 aromatic carbocycles. The van der Waals surface area contributed by atoms with Crippen molar-refractivity contribution in [3.8, 4) is 0 Å². The molecule has 2 N–H and O–H groups in total. The van der Waals surface area contributed by atoms with Crippen LogP contribution in [0.1, 0.15) is 48.0 Å². The maximum Gasteiger partial charge on any atom is 0.337 e. The van der Waals surface area contributed by atoms with Crippen molar-refractivity contribution >= 4 is 17.4 Å². The lowest BCUT2D eigenvalue weighted by Gasteiger charge is -2.13. The first-order valence-electron chi connectivity index (χ1n) is 6.32. The molecule has 96 valence electrons. The van der Waals surface area contributed by atoms with Crippen molar-refractivity contribution in [3.63, 3.8) is 0 Å². The molecule has 18 heavy (non-hydrogen) atoms. The van der Waals surface area contributed by atoms with E-state index in [1.54, 1.807) is 12.1 Å². The van der Waals surface area contributed by atoms with Crippen LogP contribution in [0, 0.1) is 6.92 Å². The summed E-state index contributed by atoms with van der Waals surface area (Å²) in [5.41, 5.74) is 5.90. The number of nitrogens with one attached hydrogen (secondary N) is 1. The maximum absolute atomic E-state index is 11.1. The molecule has 4 nitrogen and oxygen atoms in total. The van der Waals surface area contributed by atoms with E-state index in [0.29, 0.717) is 5.69 Å². The molecule has 1 aliphatic carbocycles. The number of hydrogen-bond acceptors (Lipinski definition) is 3. The lowest BCUT2D eigenvalue weighted by atomic mass is 9.99. The standard InChI is InChI=1S/C14H18N2O2/c1-10-7-8-12(14(17)18)13(9-10)16-15-11-5-3-2-4-6-11/h7-9,16H,2-6H2,1H3,(H,17,18). The molecular weight excluding hydrogens is 228 g/mol. The first kappa shape index (κ1) is 12.6. The smallest absolute Gasteiger partial charge is 0.337 e. The van der Waals surface area contributed by atoms with Crippen LogP contribution in [0.5, 0.6) is 0 Å². The molecule has 0 spiro atoms. The fourth-order valence-electron chi connectivity index (χ4n) is 2.15. The number of rotatable bonds is 3. The van der Waals surface area contributed by atoms with Gasteiger partial charge in [0.1, 0.15) is 0 Å². The number of aromatic carboxylic acids is 1. The normalized spacial score (nSPS) is 15.3. The Morgan fingerprint density at radius 1 is 1.28 bits per heavy atom. The highest BCUT2D eigenvalue weighted by Gasteiger charge is 2.11. The Hall–Kier alpha value is -1.84. The third-order valence-corrected chi connectivity index (χ3v) is 3.17. The molecular formula is C14H18N2O2. The highest BCUT2D eigenvalue weighted by Crippen LogP contribution is 2.19. The van der Waals surface area contributed by atoms with Gasteiger partial charge in [-0.25, -0.2) is 4.79 Å². The average molecular weight is 246 g/mol. The summed E-state index contributed by atoms with van der Waals surface area (Å²) in [6.45, 7) is 1.94. The third-order valence-electron chi connectivity index (χ3n) is 3.17. The van der Waals surface area contributed by atoms with Gasteiger partial charge in [-0.05, 0) is 50.3 Å². The second-order valence-corrected chi connectivity index (χ2v) is 4.70. The minimum absolute atomic E-state index is 0.265. The minimum atomic E-state index is -0.929. The monoisotopic (exact) mass is 246 g/mol. The second kappa shape index (κ2) is 5.67. The van der Waals surface area contributed by atoms with Crippen molar-refractivity contribution < 1.29 is 9.90 Å². The summed E-state index contributed by atoms with van der Waals surface area (Å²) in [5, 5.41) is 13.4. The van der Waals surface area contributed by atoms with Gasteiger partial charge in [0.25, 0.3) is 0 Å². The average Bonchev–Trinajstić information content (AvgIpc) is 2.37. The van der Waals surface area contributed by atoms with Crippen molar-refractivity contribution in [1.29, 1.82) is 0 Å². The zero-order valence-electron chi connectivity index (χ0n) is 10.6. The molecule has 0 amide bonds. The van der Waals surface area contributed by atoms with Crippen LogP contribution in [-0.2, 0) is 0 Å². The number of carbonyl (C=O) groups is 1. The number of anilines is 1. The number of aryl methyl sites for hydroxylation is 1. The number of nitrogens with zero attached hydrogens (tertiary/aromatic N) is 1. The summed E-state index contributed by atoms with van der Waals surface area (Å²) in [4.78, 5) is 11.1. The molecule has 0 aliphatic heterocycles. The Morgan fingerprint density at radius 3 is 2.67 bits per heavy atom. The van der Waals surface area contributed by atoms with Gasteiger partial charge in [0.15, 0.2) is 0 Å². The van der Waals surface area contributed by atoms with E-state index < -0.39 is 5.97 Å². The Balaban J connectivity index is 2.17. The van der Waals surface area contributed by atoms with Gasteiger partial charge >= 0.3 is 5.97 Å². The Morgan fingerprint density at radius 2 is 2.00 bits per heavy atom. The molecule has 1 fully saturated rings. The number of hydrazone groups is 1. The van der Waals surface area contributed by atoms with Crippen LogP contribution in [-0.4, -0.2) is 16.8 Å². The first-order chi connectivity index (χ1) is 8.66. The Labute approximate surface area is 107 Å². The topological polar surface area (TPSA) is 61.7 Å². The molecule has 0 saturated heterocycles. The molecule has 2 rings (SSSR count). The SMILES string of the molecule is Cc1ccc(C(=O)O)c(NN=C2CCCCC2)c1. The molecule has 0 aromatic heterocycles.